The van der Waals surface area contributed by atoms with Crippen LogP contribution < -0.4 is 5.32 Å². The van der Waals surface area contributed by atoms with Crippen LogP contribution in [-0.2, 0) is 10.2 Å². The van der Waals surface area contributed by atoms with Crippen molar-refractivity contribution >= 4 is 39.9 Å². The van der Waals surface area contributed by atoms with E-state index in [1.54, 1.807) is 24.3 Å². The maximum Gasteiger partial charge on any atom is 0.240 e. The zero-order valence-electron chi connectivity index (χ0n) is 15.4. The van der Waals surface area contributed by atoms with Crippen LogP contribution in [0.15, 0.2) is 79.0 Å². The zero-order chi connectivity index (χ0) is 20.0. The Bertz CT molecular complexity index is 1260. The Morgan fingerprint density at radius 2 is 1.62 bits per heavy atom. The van der Waals surface area contributed by atoms with Crippen molar-refractivity contribution in [2.75, 3.05) is 5.32 Å². The minimum atomic E-state index is -1.10. The van der Waals surface area contributed by atoms with Gasteiger partial charge >= 0.3 is 0 Å². The molecular formula is C24H17ClN2O2. The molecule has 2 N–H and O–H groups in total. The molecule has 29 heavy (non-hydrogen) atoms. The first-order chi connectivity index (χ1) is 14.1. The molecule has 1 atom stereocenters. The van der Waals surface area contributed by atoms with Crippen LogP contribution in [0.5, 0.6) is 0 Å². The number of ketones is 1. The van der Waals surface area contributed by atoms with Crippen molar-refractivity contribution in [3.8, 4) is 0 Å². The fourth-order valence-electron chi connectivity index (χ4n) is 4.26. The first kappa shape index (κ1) is 17.7. The summed E-state index contributed by atoms with van der Waals surface area (Å²) in [7, 11) is 0. The van der Waals surface area contributed by atoms with E-state index in [1.807, 2.05) is 54.7 Å². The molecule has 0 spiro atoms. The minimum absolute atomic E-state index is 0.0271. The number of benzene rings is 3. The number of hydrogen-bond donors (Lipinski definition) is 2. The Labute approximate surface area is 172 Å². The van der Waals surface area contributed by atoms with Crippen LogP contribution in [0.1, 0.15) is 27.9 Å². The monoisotopic (exact) mass is 400 g/mol. The summed E-state index contributed by atoms with van der Waals surface area (Å²) in [6.07, 6.45) is 1.88. The fourth-order valence-corrected chi connectivity index (χ4v) is 4.38. The van der Waals surface area contributed by atoms with Crippen molar-refractivity contribution in [1.29, 1.82) is 0 Å². The average Bonchev–Trinajstić information content (AvgIpc) is 3.28. The van der Waals surface area contributed by atoms with Gasteiger partial charge in [0.05, 0.1) is 0 Å². The van der Waals surface area contributed by atoms with Gasteiger partial charge in [0, 0.05) is 39.8 Å². The van der Waals surface area contributed by atoms with Gasteiger partial charge < -0.3 is 10.3 Å². The smallest absolute Gasteiger partial charge is 0.240 e. The van der Waals surface area contributed by atoms with Crippen LogP contribution in [0.25, 0.3) is 10.9 Å². The van der Waals surface area contributed by atoms with E-state index in [0.29, 0.717) is 10.6 Å². The van der Waals surface area contributed by atoms with Crippen molar-refractivity contribution in [2.24, 2.45) is 0 Å². The summed E-state index contributed by atoms with van der Waals surface area (Å²) < 4.78 is 0. The van der Waals surface area contributed by atoms with Crippen LogP contribution in [0.4, 0.5) is 5.69 Å². The highest BCUT2D eigenvalue weighted by atomic mass is 35.5. The van der Waals surface area contributed by atoms with E-state index in [0.717, 1.165) is 27.7 Å². The molecule has 0 saturated carbocycles. The van der Waals surface area contributed by atoms with Gasteiger partial charge in [0.15, 0.2) is 5.78 Å². The first-order valence-corrected chi connectivity index (χ1v) is 9.74. The summed E-state index contributed by atoms with van der Waals surface area (Å²) in [5.41, 5.74) is 2.72. The van der Waals surface area contributed by atoms with Gasteiger partial charge in [-0.1, -0.05) is 48.0 Å². The number of hydrogen-bond acceptors (Lipinski definition) is 2. The van der Waals surface area contributed by atoms with Gasteiger partial charge in [-0.3, -0.25) is 9.59 Å². The second-order valence-electron chi connectivity index (χ2n) is 7.26. The van der Waals surface area contributed by atoms with Gasteiger partial charge in [-0.2, -0.15) is 0 Å². The number of carbonyl (C=O) groups excluding carboxylic acids is 2. The summed E-state index contributed by atoms with van der Waals surface area (Å²) in [4.78, 5) is 29.9. The number of nitrogens with one attached hydrogen (secondary N) is 2. The van der Waals surface area contributed by atoms with Gasteiger partial charge in [-0.05, 0) is 47.5 Å². The van der Waals surface area contributed by atoms with E-state index in [-0.39, 0.29) is 18.1 Å². The number of halogens is 1. The molecule has 142 valence electrons. The Morgan fingerprint density at radius 3 is 2.45 bits per heavy atom. The molecule has 5 rings (SSSR count). The Kier molecular flexibility index (Phi) is 4.03. The number of Topliss-reactive ketones (excluding diaryl/α,β-unsaturated/α-hetero) is 1. The molecule has 1 amide bonds. The van der Waals surface area contributed by atoms with E-state index < -0.39 is 5.41 Å². The number of aromatic nitrogens is 1. The van der Waals surface area contributed by atoms with Crippen molar-refractivity contribution in [3.63, 3.8) is 0 Å². The van der Waals surface area contributed by atoms with E-state index in [1.165, 1.54) is 0 Å². The molecule has 1 aliphatic heterocycles. The quantitative estimate of drug-likeness (QED) is 0.454. The number of para-hydroxylation sites is 2. The molecule has 5 heteroatoms. The molecule has 1 aliphatic rings. The average molecular weight is 401 g/mol. The number of amides is 1. The van der Waals surface area contributed by atoms with Crippen molar-refractivity contribution in [3.05, 3.63) is 101 Å². The Morgan fingerprint density at radius 1 is 0.897 bits per heavy atom. The zero-order valence-corrected chi connectivity index (χ0v) is 16.2. The third kappa shape index (κ3) is 2.68. The fraction of sp³-hybridized carbons (Fsp3) is 0.0833. The molecule has 3 aromatic carbocycles. The topological polar surface area (TPSA) is 62.0 Å². The molecular weight excluding hydrogens is 384 g/mol. The summed E-state index contributed by atoms with van der Waals surface area (Å²) >= 11 is 5.97. The normalized spacial score (nSPS) is 17.9. The van der Waals surface area contributed by atoms with E-state index in [2.05, 4.69) is 10.3 Å². The summed E-state index contributed by atoms with van der Waals surface area (Å²) in [5, 5.41) is 4.48. The molecule has 0 aliphatic carbocycles. The van der Waals surface area contributed by atoms with Crippen molar-refractivity contribution in [2.45, 2.75) is 11.8 Å². The standard InChI is InChI=1S/C24H17ClN2O2/c25-16-11-9-15(10-12-16)22(28)13-24(18-6-2-4-8-21(18)27-23(24)29)19-14-26-20-7-3-1-5-17(19)20/h1-12,14,26H,13H2,(H,27,29)/t24-/m1/s1. The Balaban J connectivity index is 1.72. The summed E-state index contributed by atoms with van der Waals surface area (Å²) in [6.45, 7) is 0. The van der Waals surface area contributed by atoms with Crippen molar-refractivity contribution in [1.82, 2.24) is 4.98 Å². The van der Waals surface area contributed by atoms with Gasteiger partial charge in [0.1, 0.15) is 5.41 Å². The molecule has 1 aromatic heterocycles. The molecule has 0 unspecified atom stereocenters. The number of aromatic amines is 1. The second-order valence-corrected chi connectivity index (χ2v) is 7.70. The number of fused-ring (bicyclic) bond motifs is 2. The highest BCUT2D eigenvalue weighted by Crippen LogP contribution is 2.47. The molecule has 4 aromatic rings. The lowest BCUT2D eigenvalue weighted by Gasteiger charge is -2.27. The molecule has 0 bridgehead atoms. The van der Waals surface area contributed by atoms with Gasteiger partial charge in [-0.15, -0.1) is 0 Å². The molecule has 0 saturated heterocycles. The van der Waals surface area contributed by atoms with Crippen LogP contribution >= 0.6 is 11.6 Å². The summed E-state index contributed by atoms with van der Waals surface area (Å²) in [6, 6.07) is 22.2. The lowest BCUT2D eigenvalue weighted by atomic mass is 9.71. The maximum absolute atomic E-state index is 13.4. The third-order valence-corrected chi connectivity index (χ3v) is 5.92. The number of carbonyl (C=O) groups is 2. The number of H-pyrrole nitrogens is 1. The maximum atomic E-state index is 13.4. The van der Waals surface area contributed by atoms with Gasteiger partial charge in [0.2, 0.25) is 5.91 Å². The van der Waals surface area contributed by atoms with Crippen molar-refractivity contribution < 1.29 is 9.59 Å². The van der Waals surface area contributed by atoms with Crippen LogP contribution in [-0.4, -0.2) is 16.7 Å². The van der Waals surface area contributed by atoms with E-state index in [4.69, 9.17) is 11.6 Å². The van der Waals surface area contributed by atoms with Crippen LogP contribution in [0.2, 0.25) is 5.02 Å². The molecule has 2 heterocycles. The van der Waals surface area contributed by atoms with E-state index >= 15 is 0 Å². The molecule has 4 nitrogen and oxygen atoms in total. The van der Waals surface area contributed by atoms with Crippen LogP contribution in [0.3, 0.4) is 0 Å². The second kappa shape index (κ2) is 6.61. The molecule has 0 fully saturated rings. The first-order valence-electron chi connectivity index (χ1n) is 9.36. The highest BCUT2D eigenvalue weighted by molar-refractivity contribution is 6.30. The largest absolute Gasteiger partial charge is 0.361 e. The minimum Gasteiger partial charge on any atom is -0.361 e. The molecule has 0 radical (unpaired) electrons. The lowest BCUT2D eigenvalue weighted by Crippen LogP contribution is -2.38. The van der Waals surface area contributed by atoms with Gasteiger partial charge in [0.25, 0.3) is 0 Å². The van der Waals surface area contributed by atoms with E-state index in [9.17, 15) is 9.59 Å². The summed E-state index contributed by atoms with van der Waals surface area (Å²) in [5.74, 6) is -0.301. The highest BCUT2D eigenvalue weighted by Gasteiger charge is 2.50. The SMILES string of the molecule is O=C(C[C@@]1(c2c[nH]c3ccccc23)C(=O)Nc2ccccc21)c1ccc(Cl)cc1. The predicted molar refractivity (Wildman–Crippen MR) is 115 cm³/mol. The van der Waals surface area contributed by atoms with Gasteiger partial charge in [-0.25, -0.2) is 0 Å². The predicted octanol–water partition coefficient (Wildman–Crippen LogP) is 5.33. The number of anilines is 1. The Hall–Kier alpha value is -3.37. The third-order valence-electron chi connectivity index (χ3n) is 5.66. The van der Waals surface area contributed by atoms with Crippen LogP contribution in [0, 0.1) is 0 Å². The lowest BCUT2D eigenvalue weighted by molar-refractivity contribution is -0.119. The number of rotatable bonds is 4.